The molecule has 158 valence electrons. The van der Waals surface area contributed by atoms with E-state index in [1.165, 1.54) is 35.6 Å². The monoisotopic (exact) mass is 509 g/mol. The number of benzene rings is 3. The van der Waals surface area contributed by atoms with Gasteiger partial charge in [-0.2, -0.15) is 13.2 Å². The molecule has 0 atom stereocenters. The van der Waals surface area contributed by atoms with Gasteiger partial charge in [-0.15, -0.1) is 16.4 Å². The summed E-state index contributed by atoms with van der Waals surface area (Å²) in [6, 6.07) is 20.4. The highest BCUT2D eigenvalue weighted by molar-refractivity contribution is 7.89. The van der Waals surface area contributed by atoms with Gasteiger partial charge in [0, 0.05) is 26.1 Å². The molecule has 0 fully saturated rings. The summed E-state index contributed by atoms with van der Waals surface area (Å²) in [6.45, 7) is 0. The van der Waals surface area contributed by atoms with Gasteiger partial charge < -0.3 is 0 Å². The number of aromatic nitrogens is 1. The van der Waals surface area contributed by atoms with Gasteiger partial charge in [0.2, 0.25) is 4.80 Å². The minimum absolute atomic E-state index is 0.0631. The fourth-order valence-electron chi connectivity index (χ4n) is 2.82. The van der Waals surface area contributed by atoms with Crippen LogP contribution in [0.2, 0.25) is 15.1 Å². The van der Waals surface area contributed by atoms with Crippen LogP contribution >= 0.6 is 46.1 Å². The Morgan fingerprint density at radius 3 is 1.87 bits per heavy atom. The molecule has 0 radical (unpaired) electrons. The fourth-order valence-corrected chi connectivity index (χ4v) is 4.92. The third-order valence-corrected chi connectivity index (χ3v) is 7.12. The van der Waals surface area contributed by atoms with Gasteiger partial charge in [-0.05, 0) is 66.2 Å². The van der Waals surface area contributed by atoms with Crippen molar-refractivity contribution in [3.63, 3.8) is 0 Å². The largest absolute Gasteiger partial charge is 0.284 e. The van der Waals surface area contributed by atoms with Crippen molar-refractivity contribution in [1.82, 2.24) is 9.40 Å². The third kappa shape index (κ3) is 4.97. The molecule has 3 aromatic carbocycles. The molecule has 4 aromatic rings. The average molecular weight is 511 g/mol. The lowest BCUT2D eigenvalue weighted by molar-refractivity contribution is 0.582. The van der Waals surface area contributed by atoms with E-state index >= 15 is 0 Å². The Bertz CT molecular complexity index is 1380. The van der Waals surface area contributed by atoms with E-state index in [1.807, 2.05) is 34.2 Å². The lowest BCUT2D eigenvalue weighted by Gasteiger charge is -2.10. The highest BCUT2D eigenvalue weighted by Gasteiger charge is 2.14. The summed E-state index contributed by atoms with van der Waals surface area (Å²) in [7, 11) is -3.86. The van der Waals surface area contributed by atoms with Crippen LogP contribution in [0.3, 0.4) is 0 Å². The molecule has 0 spiro atoms. The molecule has 0 saturated heterocycles. The first-order chi connectivity index (χ1) is 14.8. The van der Waals surface area contributed by atoms with E-state index in [4.69, 9.17) is 34.8 Å². The number of thiazole rings is 1. The lowest BCUT2D eigenvalue weighted by Crippen LogP contribution is -2.24. The minimum Gasteiger partial charge on any atom is -0.284 e. The van der Waals surface area contributed by atoms with E-state index in [1.54, 1.807) is 24.3 Å². The van der Waals surface area contributed by atoms with Gasteiger partial charge in [0.05, 0.1) is 10.6 Å². The topological polar surface area (TPSA) is 63.5 Å². The zero-order valence-electron chi connectivity index (χ0n) is 15.7. The molecule has 0 aliphatic rings. The molecule has 0 aliphatic carbocycles. The second-order valence-electron chi connectivity index (χ2n) is 6.38. The molecule has 4 rings (SSSR count). The second-order valence-corrected chi connectivity index (χ2v) is 10.2. The summed E-state index contributed by atoms with van der Waals surface area (Å²) >= 11 is 19.2. The molecule has 0 saturated carbocycles. The Kier molecular flexibility index (Phi) is 6.41. The van der Waals surface area contributed by atoms with Gasteiger partial charge in [0.25, 0.3) is 10.0 Å². The number of nitrogens with one attached hydrogen (secondary N) is 1. The van der Waals surface area contributed by atoms with E-state index in [0.29, 0.717) is 19.9 Å². The third-order valence-electron chi connectivity index (χ3n) is 4.32. The predicted molar refractivity (Wildman–Crippen MR) is 126 cm³/mol. The fraction of sp³-hybridized carbons (Fsp3) is 0. The van der Waals surface area contributed by atoms with Crippen molar-refractivity contribution in [2.24, 2.45) is 5.10 Å². The Morgan fingerprint density at radius 2 is 1.29 bits per heavy atom. The maximum absolute atomic E-state index is 12.6. The molecule has 0 unspecified atom stereocenters. The molecule has 0 amide bonds. The zero-order chi connectivity index (χ0) is 22.0. The molecular formula is C21H14Cl3N3O2S2. The van der Waals surface area contributed by atoms with Crippen molar-refractivity contribution in [1.29, 1.82) is 0 Å². The van der Waals surface area contributed by atoms with Crippen LogP contribution in [0.1, 0.15) is 0 Å². The van der Waals surface area contributed by atoms with Crippen LogP contribution in [-0.4, -0.2) is 13.0 Å². The first kappa shape index (κ1) is 21.9. The van der Waals surface area contributed by atoms with Crippen LogP contribution in [0.15, 0.2) is 88.2 Å². The van der Waals surface area contributed by atoms with Crippen molar-refractivity contribution >= 4 is 56.2 Å². The first-order valence-corrected chi connectivity index (χ1v) is 12.4. The van der Waals surface area contributed by atoms with Crippen molar-refractivity contribution in [3.8, 4) is 16.9 Å². The quantitative estimate of drug-likeness (QED) is 0.337. The zero-order valence-corrected chi connectivity index (χ0v) is 19.6. The van der Waals surface area contributed by atoms with Crippen molar-refractivity contribution in [2.45, 2.75) is 4.90 Å². The lowest BCUT2D eigenvalue weighted by atomic mass is 10.1. The van der Waals surface area contributed by atoms with E-state index < -0.39 is 10.0 Å². The van der Waals surface area contributed by atoms with Gasteiger partial charge in [-0.1, -0.05) is 46.9 Å². The summed E-state index contributed by atoms with van der Waals surface area (Å²) < 4.78 is 27.1. The van der Waals surface area contributed by atoms with Gasteiger partial charge in [0.1, 0.15) is 0 Å². The number of hydrogen-bond acceptors (Lipinski definition) is 4. The number of nitrogens with zero attached hydrogens (tertiary/aromatic N) is 2. The summed E-state index contributed by atoms with van der Waals surface area (Å²) in [5, 5.41) is 7.75. The normalized spacial score (nSPS) is 12.2. The number of sulfonamides is 1. The van der Waals surface area contributed by atoms with Gasteiger partial charge in [-0.3, -0.25) is 4.57 Å². The SMILES string of the molecule is O=S(=O)(N/N=c1/scc(-c2ccc(Cl)cc2)n1-c1ccc(Cl)cc1)c1ccc(Cl)cc1. The Hall–Kier alpha value is -2.29. The minimum atomic E-state index is -3.86. The van der Waals surface area contributed by atoms with Crippen LogP contribution < -0.4 is 9.63 Å². The molecule has 1 N–H and O–H groups in total. The van der Waals surface area contributed by atoms with Gasteiger partial charge in [0.15, 0.2) is 0 Å². The van der Waals surface area contributed by atoms with Crippen molar-refractivity contribution < 1.29 is 8.42 Å². The van der Waals surface area contributed by atoms with Crippen LogP contribution in [0.4, 0.5) is 0 Å². The average Bonchev–Trinajstić information content (AvgIpc) is 3.18. The van der Waals surface area contributed by atoms with Gasteiger partial charge in [-0.25, -0.2) is 0 Å². The predicted octanol–water partition coefficient (Wildman–Crippen LogP) is 5.96. The standard InChI is InChI=1S/C21H14Cl3N3O2S2/c22-15-3-1-14(2-4-15)20-13-30-21(27(20)18-9-5-16(23)6-10-18)25-26-31(28,29)19-11-7-17(24)8-12-19/h1-13,26H/b25-21+. The highest BCUT2D eigenvalue weighted by Crippen LogP contribution is 2.25. The van der Waals surface area contributed by atoms with E-state index in [-0.39, 0.29) is 4.90 Å². The molecule has 10 heteroatoms. The first-order valence-electron chi connectivity index (χ1n) is 8.87. The van der Waals surface area contributed by atoms with E-state index in [9.17, 15) is 8.42 Å². The smallest absolute Gasteiger partial charge is 0.276 e. The summed E-state index contributed by atoms with van der Waals surface area (Å²) in [6.07, 6.45) is 0. The molecule has 1 heterocycles. The molecule has 0 aliphatic heterocycles. The maximum Gasteiger partial charge on any atom is 0.276 e. The summed E-state index contributed by atoms with van der Waals surface area (Å²) in [5.74, 6) is 0. The highest BCUT2D eigenvalue weighted by atomic mass is 35.5. The summed E-state index contributed by atoms with van der Waals surface area (Å²) in [4.78, 5) is 2.80. The Morgan fingerprint density at radius 1 is 0.774 bits per heavy atom. The number of halogens is 3. The Labute approximate surface area is 198 Å². The maximum atomic E-state index is 12.6. The summed E-state index contributed by atoms with van der Waals surface area (Å²) in [5.41, 5.74) is 2.51. The molecule has 5 nitrogen and oxygen atoms in total. The Balaban J connectivity index is 1.81. The molecule has 1 aromatic heterocycles. The number of rotatable bonds is 5. The number of hydrogen-bond donors (Lipinski definition) is 1. The van der Waals surface area contributed by atoms with E-state index in [0.717, 1.165) is 16.9 Å². The van der Waals surface area contributed by atoms with Crippen molar-refractivity contribution in [2.75, 3.05) is 0 Å². The van der Waals surface area contributed by atoms with E-state index in [2.05, 4.69) is 9.93 Å². The van der Waals surface area contributed by atoms with Crippen molar-refractivity contribution in [3.05, 3.63) is 98.0 Å². The molecule has 0 bridgehead atoms. The van der Waals surface area contributed by atoms with Gasteiger partial charge >= 0.3 is 0 Å². The molecule has 31 heavy (non-hydrogen) atoms. The van der Waals surface area contributed by atoms with Crippen LogP contribution in [-0.2, 0) is 10.0 Å². The van der Waals surface area contributed by atoms with Crippen LogP contribution in [0, 0.1) is 0 Å². The molecular weight excluding hydrogens is 497 g/mol. The second kappa shape index (κ2) is 9.06. The van der Waals surface area contributed by atoms with Crippen LogP contribution in [0.25, 0.3) is 16.9 Å². The van der Waals surface area contributed by atoms with Crippen LogP contribution in [0.5, 0.6) is 0 Å².